The summed E-state index contributed by atoms with van der Waals surface area (Å²) in [6, 6.07) is 7.27. The maximum atomic E-state index is 12.7. The fourth-order valence-electron chi connectivity index (χ4n) is 3.33. The Morgan fingerprint density at radius 3 is 3.00 bits per heavy atom. The van der Waals surface area contributed by atoms with Gasteiger partial charge in [0.15, 0.2) is 0 Å². The predicted molar refractivity (Wildman–Crippen MR) is 105 cm³/mol. The van der Waals surface area contributed by atoms with Gasteiger partial charge >= 0.3 is 0 Å². The third kappa shape index (κ3) is 4.87. The van der Waals surface area contributed by atoms with Crippen LogP contribution in [0.4, 0.5) is 5.82 Å². The molecule has 27 heavy (non-hydrogen) atoms. The number of hydrogen-bond acceptors (Lipinski definition) is 6. The summed E-state index contributed by atoms with van der Waals surface area (Å²) in [6.07, 6.45) is 2.85. The lowest BCUT2D eigenvalue weighted by Gasteiger charge is -2.24. The lowest BCUT2D eigenvalue weighted by molar-refractivity contribution is -0.129. The molecular formula is C19H24ClN5O2. The first-order valence-corrected chi connectivity index (χ1v) is 9.22. The Bertz CT molecular complexity index is 816. The highest BCUT2D eigenvalue weighted by molar-refractivity contribution is 6.30. The maximum Gasteiger partial charge on any atom is 0.227 e. The molecule has 3 rings (SSSR count). The average molecular weight is 390 g/mol. The number of nitrogen functional groups attached to an aromatic ring is 1. The van der Waals surface area contributed by atoms with Crippen LogP contribution < -0.4 is 10.5 Å². The lowest BCUT2D eigenvalue weighted by atomic mass is 10.1. The van der Waals surface area contributed by atoms with Crippen molar-refractivity contribution in [2.45, 2.75) is 25.4 Å². The number of ether oxygens (including phenoxy) is 1. The van der Waals surface area contributed by atoms with E-state index in [1.54, 1.807) is 37.6 Å². The summed E-state index contributed by atoms with van der Waals surface area (Å²) in [5, 5.41) is 0.597. The van der Waals surface area contributed by atoms with E-state index in [1.807, 2.05) is 11.9 Å². The van der Waals surface area contributed by atoms with Gasteiger partial charge in [0.05, 0.1) is 20.1 Å². The number of carbonyl (C=O) groups excluding carboxylic acids is 1. The third-order valence-electron chi connectivity index (χ3n) is 4.84. The van der Waals surface area contributed by atoms with Gasteiger partial charge in [-0.05, 0) is 37.7 Å². The molecule has 1 aromatic heterocycles. The van der Waals surface area contributed by atoms with Crippen molar-refractivity contribution in [1.29, 1.82) is 0 Å². The van der Waals surface area contributed by atoms with Crippen molar-refractivity contribution >= 4 is 23.3 Å². The van der Waals surface area contributed by atoms with Gasteiger partial charge in [0.2, 0.25) is 5.91 Å². The molecule has 1 amide bonds. The van der Waals surface area contributed by atoms with Crippen molar-refractivity contribution in [1.82, 2.24) is 19.8 Å². The van der Waals surface area contributed by atoms with E-state index in [1.165, 1.54) is 0 Å². The number of nitrogens with two attached hydrogens (primary N) is 1. The second-order valence-electron chi connectivity index (χ2n) is 6.73. The first-order valence-electron chi connectivity index (χ1n) is 8.84. The molecule has 7 nitrogen and oxygen atoms in total. The van der Waals surface area contributed by atoms with Crippen LogP contribution in [0.1, 0.15) is 17.8 Å². The van der Waals surface area contributed by atoms with Crippen molar-refractivity contribution in [2.75, 3.05) is 33.0 Å². The third-order valence-corrected chi connectivity index (χ3v) is 5.08. The van der Waals surface area contributed by atoms with E-state index < -0.39 is 0 Å². The molecule has 0 aliphatic carbocycles. The second-order valence-corrected chi connectivity index (χ2v) is 7.16. The number of benzene rings is 1. The summed E-state index contributed by atoms with van der Waals surface area (Å²) in [5.74, 6) is 1.91. The van der Waals surface area contributed by atoms with Gasteiger partial charge in [-0.15, -0.1) is 0 Å². The Morgan fingerprint density at radius 1 is 1.44 bits per heavy atom. The van der Waals surface area contributed by atoms with Crippen molar-refractivity contribution < 1.29 is 9.53 Å². The molecule has 0 spiro atoms. The van der Waals surface area contributed by atoms with E-state index in [4.69, 9.17) is 22.1 Å². The molecule has 8 heteroatoms. The number of rotatable bonds is 6. The number of carbonyl (C=O) groups is 1. The van der Waals surface area contributed by atoms with Crippen molar-refractivity contribution in [2.24, 2.45) is 0 Å². The molecular weight excluding hydrogens is 366 g/mol. The molecule has 1 fully saturated rings. The van der Waals surface area contributed by atoms with Crippen LogP contribution in [0.3, 0.4) is 0 Å². The highest BCUT2D eigenvalue weighted by atomic mass is 35.5. The molecule has 2 aromatic rings. The number of likely N-dealkylation sites (tertiary alicyclic amines) is 1. The highest BCUT2D eigenvalue weighted by Crippen LogP contribution is 2.25. The van der Waals surface area contributed by atoms with Crippen LogP contribution in [0.25, 0.3) is 0 Å². The smallest absolute Gasteiger partial charge is 0.227 e. The largest absolute Gasteiger partial charge is 0.496 e. The normalized spacial score (nSPS) is 16.7. The Kier molecular flexibility index (Phi) is 6.13. The quantitative estimate of drug-likeness (QED) is 0.813. The molecule has 1 aliphatic rings. The zero-order valence-electron chi connectivity index (χ0n) is 15.6. The molecule has 1 unspecified atom stereocenters. The van der Waals surface area contributed by atoms with E-state index in [0.717, 1.165) is 18.5 Å². The number of hydrogen-bond donors (Lipinski definition) is 1. The fourth-order valence-corrected chi connectivity index (χ4v) is 3.53. The number of halogens is 1. The van der Waals surface area contributed by atoms with Crippen molar-refractivity contribution in [3.63, 3.8) is 0 Å². The molecule has 1 aliphatic heterocycles. The first kappa shape index (κ1) is 19.4. The molecule has 1 aromatic carbocycles. The topological polar surface area (TPSA) is 84.6 Å². The molecule has 0 saturated carbocycles. The van der Waals surface area contributed by atoms with Gasteiger partial charge < -0.3 is 15.4 Å². The summed E-state index contributed by atoms with van der Waals surface area (Å²) in [6.45, 7) is 2.01. The molecule has 0 bridgehead atoms. The Hall–Kier alpha value is -2.38. The molecule has 1 atom stereocenters. The van der Waals surface area contributed by atoms with Gasteiger partial charge in [0.1, 0.15) is 17.4 Å². The van der Waals surface area contributed by atoms with Crippen molar-refractivity contribution in [3.05, 3.63) is 46.9 Å². The van der Waals surface area contributed by atoms with Crippen LogP contribution in [-0.2, 0) is 17.8 Å². The zero-order chi connectivity index (χ0) is 19.4. The molecule has 144 valence electrons. The second kappa shape index (κ2) is 8.54. The first-order chi connectivity index (χ1) is 13.0. The summed E-state index contributed by atoms with van der Waals surface area (Å²) >= 11 is 6.06. The van der Waals surface area contributed by atoms with Crippen LogP contribution in [0.2, 0.25) is 5.02 Å². The SMILES string of the molecule is COc1ccc(Cl)cc1CC(=O)N1CCC(N(C)Cc2nccc(N)n2)C1. The summed E-state index contributed by atoms with van der Waals surface area (Å²) < 4.78 is 5.34. The van der Waals surface area contributed by atoms with E-state index in [9.17, 15) is 4.79 Å². The number of nitrogens with zero attached hydrogens (tertiary/aromatic N) is 4. The minimum absolute atomic E-state index is 0.0756. The van der Waals surface area contributed by atoms with E-state index in [0.29, 0.717) is 35.5 Å². The van der Waals surface area contributed by atoms with Gasteiger partial charge in [0, 0.05) is 35.9 Å². The van der Waals surface area contributed by atoms with Crippen LogP contribution >= 0.6 is 11.6 Å². The van der Waals surface area contributed by atoms with Crippen LogP contribution in [-0.4, -0.2) is 59.0 Å². The van der Waals surface area contributed by atoms with Crippen LogP contribution in [0.15, 0.2) is 30.5 Å². The standard InChI is InChI=1S/C19H24ClN5O2/c1-24(12-18-22-7-5-17(21)23-18)15-6-8-25(11-15)19(26)10-13-9-14(20)3-4-16(13)27-2/h3-5,7,9,15H,6,8,10-12H2,1-2H3,(H2,21,22,23). The van der Waals surface area contributed by atoms with Gasteiger partial charge in [-0.3, -0.25) is 9.69 Å². The Labute approximate surface area is 164 Å². The van der Waals surface area contributed by atoms with E-state index >= 15 is 0 Å². The highest BCUT2D eigenvalue weighted by Gasteiger charge is 2.29. The van der Waals surface area contributed by atoms with Gasteiger partial charge in [-0.2, -0.15) is 0 Å². The summed E-state index contributed by atoms with van der Waals surface area (Å²) in [7, 11) is 3.61. The van der Waals surface area contributed by atoms with Crippen molar-refractivity contribution in [3.8, 4) is 5.75 Å². The minimum atomic E-state index is 0.0756. The number of amides is 1. The molecule has 2 heterocycles. The Balaban J connectivity index is 1.58. The number of anilines is 1. The van der Waals surface area contributed by atoms with E-state index in [2.05, 4.69) is 14.9 Å². The molecule has 1 saturated heterocycles. The molecule has 2 N–H and O–H groups in total. The number of likely N-dealkylation sites (N-methyl/N-ethyl adjacent to an activating group) is 1. The monoisotopic (exact) mass is 389 g/mol. The van der Waals surface area contributed by atoms with Gasteiger partial charge in [-0.25, -0.2) is 9.97 Å². The summed E-state index contributed by atoms with van der Waals surface area (Å²) in [5.41, 5.74) is 6.52. The van der Waals surface area contributed by atoms with Crippen LogP contribution in [0.5, 0.6) is 5.75 Å². The fraction of sp³-hybridized carbons (Fsp3) is 0.421. The minimum Gasteiger partial charge on any atom is -0.496 e. The van der Waals surface area contributed by atoms with E-state index in [-0.39, 0.29) is 18.4 Å². The number of aromatic nitrogens is 2. The van der Waals surface area contributed by atoms with Crippen LogP contribution in [0, 0.1) is 0 Å². The average Bonchev–Trinajstić information content (AvgIpc) is 3.12. The number of methoxy groups -OCH3 is 1. The Morgan fingerprint density at radius 2 is 2.26 bits per heavy atom. The predicted octanol–water partition coefficient (Wildman–Crippen LogP) is 2.00. The van der Waals surface area contributed by atoms with Gasteiger partial charge in [0.25, 0.3) is 0 Å². The lowest BCUT2D eigenvalue weighted by Crippen LogP contribution is -2.37. The zero-order valence-corrected chi connectivity index (χ0v) is 16.3. The van der Waals surface area contributed by atoms with Gasteiger partial charge in [-0.1, -0.05) is 11.6 Å². The maximum absolute atomic E-state index is 12.7. The molecule has 0 radical (unpaired) electrons. The summed E-state index contributed by atoms with van der Waals surface area (Å²) in [4.78, 5) is 25.3.